The van der Waals surface area contributed by atoms with Gasteiger partial charge in [-0.25, -0.2) is 18.2 Å². The van der Waals surface area contributed by atoms with Crippen LogP contribution in [0.15, 0.2) is 6.07 Å². The summed E-state index contributed by atoms with van der Waals surface area (Å²) in [5, 5.41) is 8.83. The molecule has 0 saturated heterocycles. The van der Waals surface area contributed by atoms with Crippen molar-refractivity contribution in [3.63, 3.8) is 0 Å². The van der Waals surface area contributed by atoms with Gasteiger partial charge < -0.3 is 5.11 Å². The minimum atomic E-state index is -3.02. The maximum Gasteiger partial charge on any atom is 0.284 e. The zero-order valence-electron chi connectivity index (χ0n) is 6.27. The Kier molecular flexibility index (Phi) is 2.98. The molecule has 0 atom stereocenters. The summed E-state index contributed by atoms with van der Waals surface area (Å²) in [4.78, 5) is 3.28. The molecule has 0 bridgehead atoms. The molecule has 0 aliphatic rings. The minimum Gasteiger partial charge on any atom is -0.503 e. The fraction of sp³-hybridized carbons (Fsp3) is 0.286. The largest absolute Gasteiger partial charge is 0.503 e. The topological polar surface area (TPSA) is 33.1 Å². The molecule has 72 valence electrons. The molecule has 1 rings (SSSR count). The molecule has 0 aliphatic carbocycles. The Morgan fingerprint density at radius 2 is 2.15 bits per heavy atom. The van der Waals surface area contributed by atoms with Crippen molar-refractivity contribution in [1.82, 2.24) is 4.98 Å². The predicted octanol–water partition coefficient (Wildman–Crippen LogP) is 2.60. The summed E-state index contributed by atoms with van der Waals surface area (Å²) in [5.74, 6) is -2.44. The van der Waals surface area contributed by atoms with Crippen LogP contribution < -0.4 is 0 Å². The molecule has 13 heavy (non-hydrogen) atoms. The van der Waals surface area contributed by atoms with Gasteiger partial charge in [-0.15, -0.1) is 11.6 Å². The van der Waals surface area contributed by atoms with Crippen LogP contribution in [0, 0.1) is 5.82 Å². The molecule has 1 heterocycles. The fourth-order valence-electron chi connectivity index (χ4n) is 0.798. The van der Waals surface area contributed by atoms with Crippen molar-refractivity contribution in [2.45, 2.75) is 12.3 Å². The summed E-state index contributed by atoms with van der Waals surface area (Å²) in [6.07, 6.45) is -3.02. The van der Waals surface area contributed by atoms with Gasteiger partial charge in [0.15, 0.2) is 17.3 Å². The zero-order chi connectivity index (χ0) is 10.0. The van der Waals surface area contributed by atoms with E-state index in [-0.39, 0.29) is 11.6 Å². The van der Waals surface area contributed by atoms with Crippen molar-refractivity contribution in [2.75, 3.05) is 0 Å². The molecule has 0 radical (unpaired) electrons. The fourth-order valence-corrected chi connectivity index (χ4v) is 0.934. The molecule has 0 fully saturated rings. The molecule has 0 aliphatic heterocycles. The first-order chi connectivity index (χ1) is 6.06. The highest BCUT2D eigenvalue weighted by Crippen LogP contribution is 2.29. The monoisotopic (exact) mass is 211 g/mol. The molecule has 1 N–H and O–H groups in total. The van der Waals surface area contributed by atoms with Crippen LogP contribution in [0.2, 0.25) is 0 Å². The Balaban J connectivity index is 3.25. The summed E-state index contributed by atoms with van der Waals surface area (Å²) in [6, 6.07) is 0.814. The standard InChI is InChI=1S/C7H5ClF3NO/c8-2-3-1-4(9)6(13)5(12-3)7(10)11/h1,7,13H,2H2. The van der Waals surface area contributed by atoms with Crippen LogP contribution in [0.1, 0.15) is 17.8 Å². The summed E-state index contributed by atoms with van der Waals surface area (Å²) < 4.78 is 36.9. The smallest absolute Gasteiger partial charge is 0.284 e. The van der Waals surface area contributed by atoms with E-state index in [2.05, 4.69) is 4.98 Å². The quantitative estimate of drug-likeness (QED) is 0.763. The number of aromatic hydroxyl groups is 1. The summed E-state index contributed by atoms with van der Waals surface area (Å²) >= 11 is 5.27. The van der Waals surface area contributed by atoms with E-state index >= 15 is 0 Å². The van der Waals surface area contributed by atoms with E-state index in [1.54, 1.807) is 0 Å². The van der Waals surface area contributed by atoms with Gasteiger partial charge in [0.1, 0.15) is 0 Å². The lowest BCUT2D eigenvalue weighted by Gasteiger charge is -2.04. The van der Waals surface area contributed by atoms with E-state index in [1.807, 2.05) is 0 Å². The predicted molar refractivity (Wildman–Crippen MR) is 40.4 cm³/mol. The zero-order valence-corrected chi connectivity index (χ0v) is 7.02. The van der Waals surface area contributed by atoms with Gasteiger partial charge in [-0.2, -0.15) is 0 Å². The molecule has 1 aromatic rings. The average Bonchev–Trinajstić information content (AvgIpc) is 2.09. The van der Waals surface area contributed by atoms with E-state index in [0.717, 1.165) is 6.07 Å². The van der Waals surface area contributed by atoms with E-state index in [1.165, 1.54) is 0 Å². The van der Waals surface area contributed by atoms with Crippen molar-refractivity contribution in [3.05, 3.63) is 23.3 Å². The van der Waals surface area contributed by atoms with Crippen LogP contribution in [0.4, 0.5) is 13.2 Å². The lowest BCUT2D eigenvalue weighted by atomic mass is 10.3. The van der Waals surface area contributed by atoms with Crippen LogP contribution in [0.3, 0.4) is 0 Å². The van der Waals surface area contributed by atoms with Crippen molar-refractivity contribution < 1.29 is 18.3 Å². The summed E-state index contributed by atoms with van der Waals surface area (Å²) in [6.45, 7) is 0. The van der Waals surface area contributed by atoms with E-state index in [9.17, 15) is 13.2 Å². The maximum atomic E-state index is 12.7. The van der Waals surface area contributed by atoms with Gasteiger partial charge in [0.05, 0.1) is 11.6 Å². The van der Waals surface area contributed by atoms with Gasteiger partial charge in [0.25, 0.3) is 6.43 Å². The lowest BCUT2D eigenvalue weighted by Crippen LogP contribution is -1.97. The Morgan fingerprint density at radius 3 is 2.62 bits per heavy atom. The van der Waals surface area contributed by atoms with Crippen LogP contribution >= 0.6 is 11.6 Å². The Labute approximate surface area is 77.0 Å². The lowest BCUT2D eigenvalue weighted by molar-refractivity contribution is 0.140. The summed E-state index contributed by atoms with van der Waals surface area (Å²) in [7, 11) is 0. The Hall–Kier alpha value is -0.970. The third kappa shape index (κ3) is 2.03. The van der Waals surface area contributed by atoms with E-state index in [4.69, 9.17) is 16.7 Å². The number of pyridine rings is 1. The Morgan fingerprint density at radius 1 is 1.54 bits per heavy atom. The SMILES string of the molecule is Oc1c(F)cc(CCl)nc1C(F)F. The molecule has 6 heteroatoms. The van der Waals surface area contributed by atoms with Crippen LogP contribution in [-0.2, 0) is 5.88 Å². The first-order valence-electron chi connectivity index (χ1n) is 3.28. The number of halogens is 4. The van der Waals surface area contributed by atoms with Crippen LogP contribution in [0.5, 0.6) is 5.75 Å². The van der Waals surface area contributed by atoms with E-state index < -0.39 is 23.7 Å². The highest BCUT2D eigenvalue weighted by molar-refractivity contribution is 6.16. The summed E-state index contributed by atoms with van der Waals surface area (Å²) in [5.41, 5.74) is -1.01. The van der Waals surface area contributed by atoms with E-state index in [0.29, 0.717) is 0 Å². The van der Waals surface area contributed by atoms with Crippen molar-refractivity contribution >= 4 is 11.6 Å². The molecule has 0 aromatic carbocycles. The number of aromatic nitrogens is 1. The molecule has 0 spiro atoms. The molecule has 0 amide bonds. The van der Waals surface area contributed by atoms with Gasteiger partial charge in [-0.1, -0.05) is 0 Å². The van der Waals surface area contributed by atoms with Crippen molar-refractivity contribution in [3.8, 4) is 5.75 Å². The molecule has 0 saturated carbocycles. The van der Waals surface area contributed by atoms with Gasteiger partial charge in [-0.05, 0) is 0 Å². The number of rotatable bonds is 2. The van der Waals surface area contributed by atoms with Gasteiger partial charge in [0, 0.05) is 6.07 Å². The first kappa shape index (κ1) is 10.1. The number of hydrogen-bond acceptors (Lipinski definition) is 2. The third-order valence-corrected chi connectivity index (χ3v) is 1.64. The molecule has 1 aromatic heterocycles. The number of nitrogens with zero attached hydrogens (tertiary/aromatic N) is 1. The number of hydrogen-bond donors (Lipinski definition) is 1. The minimum absolute atomic E-state index is 0.0349. The Bertz CT molecular complexity index is 319. The highest BCUT2D eigenvalue weighted by atomic mass is 35.5. The van der Waals surface area contributed by atoms with Gasteiger partial charge >= 0.3 is 0 Å². The molecule has 0 unspecified atom stereocenters. The molecular formula is C7H5ClF3NO. The number of alkyl halides is 3. The normalized spacial score (nSPS) is 10.8. The molecule has 2 nitrogen and oxygen atoms in total. The molecular weight excluding hydrogens is 207 g/mol. The maximum absolute atomic E-state index is 12.7. The second-order valence-electron chi connectivity index (χ2n) is 2.26. The van der Waals surface area contributed by atoms with Crippen molar-refractivity contribution in [1.29, 1.82) is 0 Å². The van der Waals surface area contributed by atoms with Crippen LogP contribution in [-0.4, -0.2) is 10.1 Å². The second-order valence-corrected chi connectivity index (χ2v) is 2.53. The van der Waals surface area contributed by atoms with Gasteiger partial charge in [-0.3, -0.25) is 0 Å². The average molecular weight is 212 g/mol. The van der Waals surface area contributed by atoms with Crippen molar-refractivity contribution in [2.24, 2.45) is 0 Å². The first-order valence-corrected chi connectivity index (χ1v) is 3.82. The second kappa shape index (κ2) is 3.83. The highest BCUT2D eigenvalue weighted by Gasteiger charge is 2.19. The van der Waals surface area contributed by atoms with Crippen LogP contribution in [0.25, 0.3) is 0 Å². The van der Waals surface area contributed by atoms with Gasteiger partial charge in [0.2, 0.25) is 0 Å². The third-order valence-electron chi connectivity index (χ3n) is 1.37.